The minimum atomic E-state index is -0.426. The topological polar surface area (TPSA) is 178 Å². The van der Waals surface area contributed by atoms with Gasteiger partial charge in [-0.3, -0.25) is 29.8 Å². The van der Waals surface area contributed by atoms with Gasteiger partial charge in [0.25, 0.3) is 11.8 Å². The number of halogens is 2. The molecule has 6 aromatic rings. The van der Waals surface area contributed by atoms with E-state index in [0.29, 0.717) is 31.5 Å². The summed E-state index contributed by atoms with van der Waals surface area (Å²) in [6.07, 6.45) is -0.595. The second-order valence-electron chi connectivity index (χ2n) is 16.5. The van der Waals surface area contributed by atoms with Crippen molar-refractivity contribution in [2.75, 3.05) is 72.9 Å². The Morgan fingerprint density at radius 2 is 1.15 bits per heavy atom. The van der Waals surface area contributed by atoms with Gasteiger partial charge in [-0.05, 0) is 105 Å². The summed E-state index contributed by atoms with van der Waals surface area (Å²) < 4.78 is 16.7. The van der Waals surface area contributed by atoms with Crippen LogP contribution in [0.4, 0.5) is 32.3 Å². The molecule has 9 rings (SSSR count). The number of hydrogen-bond donors (Lipinski definition) is 4. The van der Waals surface area contributed by atoms with Crippen molar-refractivity contribution >= 4 is 104 Å². The van der Waals surface area contributed by atoms with Crippen LogP contribution in [0.3, 0.4) is 0 Å². The Hall–Kier alpha value is -6.92. The maximum atomic E-state index is 12.5. The first-order chi connectivity index (χ1) is 34.3. The minimum Gasteiger partial charge on any atom is -0.481 e. The summed E-state index contributed by atoms with van der Waals surface area (Å²) in [5.74, 6) is 0.719. The van der Waals surface area contributed by atoms with E-state index in [2.05, 4.69) is 59.0 Å². The van der Waals surface area contributed by atoms with Crippen molar-refractivity contribution in [1.82, 2.24) is 10.6 Å². The van der Waals surface area contributed by atoms with Gasteiger partial charge in [0, 0.05) is 47.0 Å². The maximum absolute atomic E-state index is 12.5. The third kappa shape index (κ3) is 14.1. The van der Waals surface area contributed by atoms with E-state index in [1.165, 1.54) is 40.9 Å². The highest BCUT2D eigenvalue weighted by atomic mass is 35.5. The Balaban J connectivity index is 0.000000176. The van der Waals surface area contributed by atoms with Crippen molar-refractivity contribution in [2.45, 2.75) is 39.4 Å². The van der Waals surface area contributed by atoms with Gasteiger partial charge in [-0.25, -0.2) is 9.59 Å². The van der Waals surface area contributed by atoms with Crippen LogP contribution in [-0.2, 0) is 14.2 Å². The SMILES string of the molecule is CCCNc1ccc(N2C[C@H](CNC(=O)c3ccc(Cl)s3)OC2=O)cc1.COC(=N)c1ccc(C)cc1.Cc1ccc(C2=NCCN2c2ccc(N3C[C@H](CNC(=O)c4ccc(Cl)s4)OC3=O)cc2)cc1. The van der Waals surface area contributed by atoms with Gasteiger partial charge in [0.05, 0.1) is 58.3 Å². The monoisotopic (exact) mass is 1040 g/mol. The molecule has 71 heavy (non-hydrogen) atoms. The number of ether oxygens (including phenoxy) is 3. The number of rotatable bonds is 14. The number of hydrogen-bond acceptors (Lipinski definition) is 13. The molecule has 4 N–H and O–H groups in total. The first-order valence-corrected chi connectivity index (χ1v) is 25.2. The zero-order valence-corrected chi connectivity index (χ0v) is 42.7. The molecule has 19 heteroatoms. The number of anilines is 4. The van der Waals surface area contributed by atoms with Gasteiger partial charge in [-0.2, -0.15) is 0 Å². The van der Waals surface area contributed by atoms with Crippen molar-refractivity contribution in [2.24, 2.45) is 4.99 Å². The van der Waals surface area contributed by atoms with Crippen LogP contribution >= 0.6 is 45.9 Å². The van der Waals surface area contributed by atoms with E-state index in [9.17, 15) is 19.2 Å². The molecule has 0 spiro atoms. The normalized spacial score (nSPS) is 15.9. The average molecular weight is 1040 g/mol. The van der Waals surface area contributed by atoms with E-state index < -0.39 is 18.3 Å². The van der Waals surface area contributed by atoms with Crippen LogP contribution in [0.5, 0.6) is 0 Å². The summed E-state index contributed by atoms with van der Waals surface area (Å²) in [7, 11) is 1.50. The number of amides is 4. The molecule has 0 aliphatic carbocycles. The molecule has 2 saturated heterocycles. The van der Waals surface area contributed by atoms with Crippen molar-refractivity contribution in [3.05, 3.63) is 162 Å². The molecule has 0 bridgehead atoms. The molecule has 3 aliphatic rings. The van der Waals surface area contributed by atoms with Crippen LogP contribution in [0, 0.1) is 19.3 Å². The predicted molar refractivity (Wildman–Crippen MR) is 285 cm³/mol. The first-order valence-electron chi connectivity index (χ1n) is 22.8. The molecule has 4 amide bonds. The Morgan fingerprint density at radius 1 is 0.690 bits per heavy atom. The van der Waals surface area contributed by atoms with Crippen molar-refractivity contribution in [1.29, 1.82) is 5.41 Å². The summed E-state index contributed by atoms with van der Waals surface area (Å²) in [5, 5.41) is 16.2. The van der Waals surface area contributed by atoms with E-state index in [0.717, 1.165) is 65.8 Å². The largest absolute Gasteiger partial charge is 0.481 e. The molecule has 3 aliphatic heterocycles. The standard InChI is InChI=1S/C25H23ClN4O3S.C18H20ClN3O3S.C9H11NO/c1-16-2-4-17(5-3-16)23-27-12-13-29(23)18-6-8-19(9-7-18)30-15-20(33-25(30)32)14-28-24(31)21-10-11-22(26)34-21;1-2-9-20-12-3-5-13(6-4-12)22-11-14(25-18(22)24)10-21-17(23)15-7-8-16(19)26-15;1-7-3-5-8(6-4-7)9(10)11-2/h2-11,20H,12-15H2,1H3,(H,28,31);3-8,14,20H,2,9-11H2,1H3,(H,21,23);3-6,10H,1-2H3/t20-;14-;/m00./s1. The van der Waals surface area contributed by atoms with E-state index in [4.69, 9.17) is 47.8 Å². The fourth-order valence-electron chi connectivity index (χ4n) is 7.45. The van der Waals surface area contributed by atoms with Gasteiger partial charge in [-0.15, -0.1) is 22.7 Å². The number of cyclic esters (lactones) is 2. The Labute approximate surface area is 430 Å². The number of carbonyl (C=O) groups excluding carboxylic acids is 4. The summed E-state index contributed by atoms with van der Waals surface area (Å²) in [5.41, 5.74) is 7.87. The molecule has 370 valence electrons. The highest BCUT2D eigenvalue weighted by Crippen LogP contribution is 2.29. The van der Waals surface area contributed by atoms with Gasteiger partial charge in [-0.1, -0.05) is 77.7 Å². The van der Waals surface area contributed by atoms with Crippen LogP contribution in [0.25, 0.3) is 0 Å². The number of methoxy groups -OCH3 is 1. The van der Waals surface area contributed by atoms with Gasteiger partial charge in [0.15, 0.2) is 0 Å². The highest BCUT2D eigenvalue weighted by molar-refractivity contribution is 7.18. The number of thiophene rings is 2. The van der Waals surface area contributed by atoms with Gasteiger partial charge >= 0.3 is 12.2 Å². The number of nitrogens with zero attached hydrogens (tertiary/aromatic N) is 4. The molecular formula is C52H54Cl2N8O7S2. The van der Waals surface area contributed by atoms with Gasteiger partial charge < -0.3 is 35.1 Å². The van der Waals surface area contributed by atoms with E-state index >= 15 is 0 Å². The number of carbonyl (C=O) groups is 4. The van der Waals surface area contributed by atoms with Crippen LogP contribution < -0.4 is 30.7 Å². The molecule has 2 fully saturated rings. The Bertz CT molecular complexity index is 2820. The second-order valence-corrected chi connectivity index (χ2v) is 19.9. The molecule has 0 radical (unpaired) electrons. The van der Waals surface area contributed by atoms with Gasteiger partial charge in [0.1, 0.15) is 18.0 Å². The Kier molecular flexibility index (Phi) is 18.1. The van der Waals surface area contributed by atoms with Crippen molar-refractivity contribution in [3.8, 4) is 0 Å². The molecule has 2 aromatic heterocycles. The fraction of sp³-hybridized carbons (Fsp3) is 0.269. The molecular weight excluding hydrogens is 984 g/mol. The molecule has 4 aromatic carbocycles. The lowest BCUT2D eigenvalue weighted by atomic mass is 10.1. The smallest absolute Gasteiger partial charge is 0.414 e. The molecule has 5 heterocycles. The Morgan fingerprint density at radius 3 is 1.61 bits per heavy atom. The summed E-state index contributed by atoms with van der Waals surface area (Å²) in [6, 6.07) is 38.2. The van der Waals surface area contributed by atoms with Crippen molar-refractivity contribution < 1.29 is 33.4 Å². The lowest BCUT2D eigenvalue weighted by molar-refractivity contribution is 0.0915. The fourth-order valence-corrected chi connectivity index (χ4v) is 9.37. The maximum Gasteiger partial charge on any atom is 0.414 e. The van der Waals surface area contributed by atoms with E-state index in [1.54, 1.807) is 34.1 Å². The average Bonchev–Trinajstić information content (AvgIpc) is 4.26. The zero-order valence-electron chi connectivity index (χ0n) is 39.6. The first kappa shape index (κ1) is 51.9. The number of aryl methyl sites for hydroxylation is 2. The van der Waals surface area contributed by atoms with Crippen LogP contribution in [0.2, 0.25) is 8.67 Å². The summed E-state index contributed by atoms with van der Waals surface area (Å²) in [4.78, 5) is 59.9. The number of nitrogens with one attached hydrogen (secondary N) is 4. The number of benzene rings is 4. The quantitative estimate of drug-likeness (QED) is 0.0610. The van der Waals surface area contributed by atoms with E-state index in [-0.39, 0.29) is 36.9 Å². The van der Waals surface area contributed by atoms with Crippen molar-refractivity contribution in [3.63, 3.8) is 0 Å². The highest BCUT2D eigenvalue weighted by Gasteiger charge is 2.34. The van der Waals surface area contributed by atoms with Crippen LogP contribution in [-0.4, -0.2) is 101 Å². The third-order valence-electron chi connectivity index (χ3n) is 11.2. The lowest BCUT2D eigenvalue weighted by Gasteiger charge is -2.22. The number of amidine groups is 1. The third-order valence-corrected chi connectivity index (χ3v) is 13.7. The molecule has 0 saturated carbocycles. The second kappa shape index (κ2) is 24.8. The number of aliphatic imine (C=N–C) groups is 1. The van der Waals surface area contributed by atoms with Gasteiger partial charge in [0.2, 0.25) is 5.90 Å². The molecule has 0 unspecified atom stereocenters. The predicted octanol–water partition coefficient (Wildman–Crippen LogP) is 10.7. The lowest BCUT2D eigenvalue weighted by Crippen LogP contribution is -2.34. The van der Waals surface area contributed by atoms with E-state index in [1.807, 2.05) is 79.7 Å². The zero-order chi connectivity index (χ0) is 50.4. The summed E-state index contributed by atoms with van der Waals surface area (Å²) in [6.45, 7) is 9.90. The molecule has 2 atom stereocenters. The minimum absolute atomic E-state index is 0.213. The van der Waals surface area contributed by atoms with Crippen LogP contribution in [0.15, 0.2) is 126 Å². The summed E-state index contributed by atoms with van der Waals surface area (Å²) >= 11 is 14.1. The molecule has 15 nitrogen and oxygen atoms in total. The van der Waals surface area contributed by atoms with Crippen LogP contribution in [0.1, 0.15) is 54.9 Å².